The SMILES string of the molecule is CSCC[C@H](NC(=O)[C@H](Cc1ccccc1)NC(=O)CNC(=O)[C@@H](CS)NC(=O)[C@@H](N)Cc1ccc(O)cc1)C(=O)N1CCC[C@H]1C(=O)N[C@@H](CC(C)C)C(=O)N[C@@H](Cc1c[nH]c2ccccc12)C(=O)OCc1cc(C(F)(F)F)cc(C(F)(F)F)c1. The van der Waals surface area contributed by atoms with Crippen LogP contribution in [0.5, 0.6) is 5.75 Å². The summed E-state index contributed by atoms with van der Waals surface area (Å²) in [6, 6.07) is 13.4. The first-order chi connectivity index (χ1) is 40.7. The van der Waals surface area contributed by atoms with Gasteiger partial charge in [0.25, 0.3) is 0 Å². The highest BCUT2D eigenvalue weighted by atomic mass is 32.2. The number of nitrogens with zero attached hydrogens (tertiary/aromatic N) is 1. The number of phenolic OH excluding ortho intramolecular Hbond substituents is 1. The highest BCUT2D eigenvalue weighted by molar-refractivity contribution is 7.98. The number of rotatable bonds is 28. The van der Waals surface area contributed by atoms with Gasteiger partial charge in [0.15, 0.2) is 0 Å². The number of alkyl halides is 6. The van der Waals surface area contributed by atoms with Gasteiger partial charge in [-0.3, -0.25) is 33.6 Å². The minimum Gasteiger partial charge on any atom is -0.508 e. The number of fused-ring (bicyclic) bond motifs is 1. The Balaban J connectivity index is 1.14. The average molecular weight is 1240 g/mol. The lowest BCUT2D eigenvalue weighted by molar-refractivity contribution is -0.149. The quantitative estimate of drug-likeness (QED) is 0.0174. The monoisotopic (exact) mass is 1240 g/mol. The van der Waals surface area contributed by atoms with Crippen LogP contribution in [0, 0.1) is 5.92 Å². The number of esters is 1. The van der Waals surface area contributed by atoms with Crippen molar-refractivity contribution < 1.29 is 74.5 Å². The molecule has 5 aromatic rings. The minimum atomic E-state index is -5.17. The molecule has 1 aromatic heterocycles. The number of aromatic nitrogens is 1. The van der Waals surface area contributed by atoms with Gasteiger partial charge in [-0.05, 0) is 109 Å². The second-order valence-electron chi connectivity index (χ2n) is 21.1. The van der Waals surface area contributed by atoms with Crippen LogP contribution >= 0.6 is 24.4 Å². The molecule has 1 fully saturated rings. The fraction of sp³-hybridized carbons (Fsp3) is 0.424. The Morgan fingerprint density at radius 1 is 0.721 bits per heavy atom. The van der Waals surface area contributed by atoms with Crippen LogP contribution in [0.1, 0.15) is 72.9 Å². The maximum atomic E-state index is 14.6. The Kier molecular flexibility index (Phi) is 24.3. The predicted octanol–water partition coefficient (Wildman–Crippen LogP) is 5.27. The van der Waals surface area contributed by atoms with E-state index in [-0.39, 0.29) is 68.6 Å². The summed E-state index contributed by atoms with van der Waals surface area (Å²) >= 11 is 5.56. The topological polar surface area (TPSA) is 283 Å². The molecule has 7 atom stereocenters. The van der Waals surface area contributed by atoms with Crippen molar-refractivity contribution in [3.8, 4) is 5.75 Å². The maximum Gasteiger partial charge on any atom is 0.416 e. The summed E-state index contributed by atoms with van der Waals surface area (Å²) in [5, 5.41) is 25.9. The fourth-order valence-electron chi connectivity index (χ4n) is 9.63. The molecule has 10 N–H and O–H groups in total. The standard InChI is InChI=1S/C59H69F6N9O10S2/c1-33(2)22-45(53(79)72-47(27-37-29-67-43-13-8-7-12-41(37)43)57(83)84-31-36-23-38(58(60,61)62)28-39(24-36)59(63,64)65)71-55(81)49-14-9-20-74(49)56(82)44(19-21-86-3)70-54(80)46(26-34-10-5-4-6-11-34)69-50(76)30-68-52(78)48(32-85)73-51(77)42(66)25-35-15-17-40(75)18-16-35/h4-8,10-13,15-18,23-24,28-29,33,42,44-49,67,75,85H,9,14,19-22,25-27,30-32,66H2,1-3H3,(H,68,78)(H,69,76)(H,70,80)(H,71,81)(H,72,79)(H,73,77)/t42-,44-,45-,46-,47-,48+,49-/m0/s1. The maximum absolute atomic E-state index is 14.6. The molecule has 1 saturated heterocycles. The van der Waals surface area contributed by atoms with Gasteiger partial charge in [-0.1, -0.05) is 74.5 Å². The van der Waals surface area contributed by atoms with Crippen molar-refractivity contribution in [2.75, 3.05) is 30.9 Å². The number of nitrogens with one attached hydrogen (secondary N) is 7. The lowest BCUT2D eigenvalue weighted by Gasteiger charge is -2.31. The third-order valence-corrected chi connectivity index (χ3v) is 15.0. The van der Waals surface area contributed by atoms with Gasteiger partial charge < -0.3 is 57.4 Å². The van der Waals surface area contributed by atoms with Crippen molar-refractivity contribution in [3.63, 3.8) is 0 Å². The van der Waals surface area contributed by atoms with Crippen molar-refractivity contribution in [2.24, 2.45) is 11.7 Å². The van der Waals surface area contributed by atoms with Crippen molar-refractivity contribution in [1.29, 1.82) is 0 Å². The Bertz CT molecular complexity index is 3140. The number of ether oxygens (including phenoxy) is 1. The summed E-state index contributed by atoms with van der Waals surface area (Å²) in [5.41, 5.74) is 4.63. The van der Waals surface area contributed by atoms with E-state index in [1.807, 2.05) is 0 Å². The van der Waals surface area contributed by atoms with Gasteiger partial charge in [0.05, 0.1) is 23.7 Å². The van der Waals surface area contributed by atoms with E-state index in [4.69, 9.17) is 10.5 Å². The third kappa shape index (κ3) is 19.6. The van der Waals surface area contributed by atoms with E-state index in [1.165, 1.54) is 28.8 Å². The van der Waals surface area contributed by atoms with E-state index >= 15 is 0 Å². The smallest absolute Gasteiger partial charge is 0.416 e. The first-order valence-electron chi connectivity index (χ1n) is 27.5. The highest BCUT2D eigenvalue weighted by Crippen LogP contribution is 2.37. The Hall–Kier alpha value is -7.78. The van der Waals surface area contributed by atoms with Crippen molar-refractivity contribution in [1.82, 2.24) is 41.8 Å². The number of aromatic amines is 1. The Morgan fingerprint density at radius 2 is 1.34 bits per heavy atom. The summed E-state index contributed by atoms with van der Waals surface area (Å²) < 4.78 is 87.7. The van der Waals surface area contributed by atoms with Crippen LogP contribution in [0.3, 0.4) is 0 Å². The Labute approximate surface area is 501 Å². The first-order valence-corrected chi connectivity index (χ1v) is 29.5. The molecule has 0 aliphatic carbocycles. The van der Waals surface area contributed by atoms with Crippen LogP contribution in [0.15, 0.2) is 103 Å². The number of nitrogens with two attached hydrogens (primary N) is 1. The number of hydrogen-bond acceptors (Lipinski definition) is 13. The van der Waals surface area contributed by atoms with Crippen LogP contribution in [-0.4, -0.2) is 135 Å². The number of carbonyl (C=O) groups excluding carboxylic acids is 8. The molecule has 4 aromatic carbocycles. The molecule has 0 spiro atoms. The molecule has 27 heteroatoms. The molecule has 1 aliphatic heterocycles. The third-order valence-electron chi connectivity index (χ3n) is 14.0. The van der Waals surface area contributed by atoms with E-state index < -0.39 is 132 Å². The molecule has 86 heavy (non-hydrogen) atoms. The summed E-state index contributed by atoms with van der Waals surface area (Å²) in [5.74, 6) is -6.56. The average Bonchev–Trinajstić information content (AvgIpc) is 1.96. The zero-order valence-corrected chi connectivity index (χ0v) is 48.9. The first kappa shape index (κ1) is 67.3. The molecule has 464 valence electrons. The summed E-state index contributed by atoms with van der Waals surface area (Å²) in [6.45, 7) is 1.90. The predicted molar refractivity (Wildman–Crippen MR) is 312 cm³/mol. The van der Waals surface area contributed by atoms with Crippen LogP contribution in [0.4, 0.5) is 26.3 Å². The fourth-order valence-corrected chi connectivity index (χ4v) is 10.4. The van der Waals surface area contributed by atoms with Gasteiger partial charge in [0.2, 0.25) is 41.4 Å². The van der Waals surface area contributed by atoms with Gasteiger partial charge in [0, 0.05) is 42.2 Å². The number of hydrogen-bond donors (Lipinski definition) is 10. The number of thiol groups is 1. The summed E-state index contributed by atoms with van der Waals surface area (Å²) in [7, 11) is 0. The second-order valence-corrected chi connectivity index (χ2v) is 22.5. The molecule has 1 aliphatic rings. The zero-order valence-electron chi connectivity index (χ0n) is 47.2. The number of para-hydroxylation sites is 1. The molecule has 0 radical (unpaired) electrons. The number of aromatic hydroxyl groups is 1. The lowest BCUT2D eigenvalue weighted by Crippen LogP contribution is -2.59. The van der Waals surface area contributed by atoms with Crippen LogP contribution in [0.2, 0.25) is 0 Å². The molecule has 0 unspecified atom stereocenters. The molecule has 2 heterocycles. The van der Waals surface area contributed by atoms with E-state index in [2.05, 4.69) is 49.5 Å². The van der Waals surface area contributed by atoms with Crippen molar-refractivity contribution in [3.05, 3.63) is 137 Å². The van der Waals surface area contributed by atoms with Crippen molar-refractivity contribution in [2.45, 2.75) is 120 Å². The van der Waals surface area contributed by atoms with Gasteiger partial charge in [-0.15, -0.1) is 0 Å². The minimum absolute atomic E-state index is 0.00772. The van der Waals surface area contributed by atoms with Gasteiger partial charge in [0.1, 0.15) is 48.6 Å². The highest BCUT2D eigenvalue weighted by Gasteiger charge is 2.41. The van der Waals surface area contributed by atoms with E-state index in [0.29, 0.717) is 51.9 Å². The van der Waals surface area contributed by atoms with Gasteiger partial charge >= 0.3 is 18.3 Å². The lowest BCUT2D eigenvalue weighted by atomic mass is 10.0. The van der Waals surface area contributed by atoms with Crippen LogP contribution < -0.4 is 37.6 Å². The molecular weight excluding hydrogens is 1170 g/mol. The molecule has 6 rings (SSSR count). The van der Waals surface area contributed by atoms with Gasteiger partial charge in [-0.25, -0.2) is 4.79 Å². The van der Waals surface area contributed by atoms with Gasteiger partial charge in [-0.2, -0.15) is 50.7 Å². The van der Waals surface area contributed by atoms with Crippen LogP contribution in [0.25, 0.3) is 10.9 Å². The number of halogens is 6. The van der Waals surface area contributed by atoms with E-state index in [0.717, 1.165) is 0 Å². The number of thioether (sulfide) groups is 1. The number of H-pyrrole nitrogens is 1. The number of carbonyl (C=O) groups is 8. The molecule has 0 saturated carbocycles. The van der Waals surface area contributed by atoms with Crippen LogP contribution in [-0.2, 0) is 81.3 Å². The number of phenols is 1. The molecule has 19 nitrogen and oxygen atoms in total. The van der Waals surface area contributed by atoms with E-state index in [9.17, 15) is 69.8 Å². The van der Waals surface area contributed by atoms with E-state index in [1.54, 1.807) is 93.0 Å². The molecular formula is C59H69F6N9O10S2. The normalized spacial score (nSPS) is 15.6. The molecule has 7 amide bonds. The van der Waals surface area contributed by atoms with Crippen molar-refractivity contribution >= 4 is 82.6 Å². The summed E-state index contributed by atoms with van der Waals surface area (Å²) in [4.78, 5) is 116. The molecule has 0 bridgehead atoms. The number of likely N-dealkylation sites (tertiary alicyclic amines) is 1. The Morgan fingerprint density at radius 3 is 1.98 bits per heavy atom. The summed E-state index contributed by atoms with van der Waals surface area (Å²) in [6.07, 6.45) is -6.70. The zero-order chi connectivity index (χ0) is 62.9. The second kappa shape index (κ2) is 31.0. The number of benzene rings is 4. The largest absolute Gasteiger partial charge is 0.508 e. The number of amides is 7.